The Hall–Kier alpha value is -4.08. The highest BCUT2D eigenvalue weighted by Gasteiger charge is 2.49. The van der Waals surface area contributed by atoms with Crippen LogP contribution in [0.4, 0.5) is 10.5 Å². The van der Waals surface area contributed by atoms with E-state index in [2.05, 4.69) is 25.7 Å². The summed E-state index contributed by atoms with van der Waals surface area (Å²) in [4.78, 5) is 46.5. The standard InChI is InChI=1S/C19H17N7O3/c1-19(13-5-3-2-4-6-13)17(28)25(18(29)24-19)10-16(27)23-14-7-8-15(21-9-14)26-12-20-11-22-26/h2-9,11-12H,10H2,1H3,(H,23,27)(H,24,29). The molecule has 1 saturated heterocycles. The molecule has 0 saturated carbocycles. The van der Waals surface area contributed by atoms with Gasteiger partial charge in [0.15, 0.2) is 5.82 Å². The number of rotatable bonds is 5. The van der Waals surface area contributed by atoms with Gasteiger partial charge in [-0.25, -0.2) is 19.4 Å². The number of nitrogens with zero attached hydrogens (tertiary/aromatic N) is 5. The van der Waals surface area contributed by atoms with Crippen molar-refractivity contribution in [3.8, 4) is 5.82 Å². The molecule has 10 nitrogen and oxygen atoms in total. The van der Waals surface area contributed by atoms with Gasteiger partial charge in [0.2, 0.25) is 5.91 Å². The highest BCUT2D eigenvalue weighted by molar-refractivity contribution is 6.10. The van der Waals surface area contributed by atoms with Gasteiger partial charge in [-0.2, -0.15) is 5.10 Å². The zero-order valence-corrected chi connectivity index (χ0v) is 15.4. The predicted molar refractivity (Wildman–Crippen MR) is 102 cm³/mol. The molecule has 1 unspecified atom stereocenters. The van der Waals surface area contributed by atoms with Crippen LogP contribution >= 0.6 is 0 Å². The third-order valence-corrected chi connectivity index (χ3v) is 4.61. The number of anilines is 1. The SMILES string of the molecule is CC1(c2ccccc2)NC(=O)N(CC(=O)Nc2ccc(-n3cncn3)nc2)C1=O. The van der Waals surface area contributed by atoms with Gasteiger partial charge in [-0.15, -0.1) is 0 Å². The lowest BCUT2D eigenvalue weighted by atomic mass is 9.92. The van der Waals surface area contributed by atoms with Crippen molar-refractivity contribution < 1.29 is 14.4 Å². The number of urea groups is 1. The first-order valence-electron chi connectivity index (χ1n) is 8.78. The predicted octanol–water partition coefficient (Wildman–Crippen LogP) is 1.07. The molecule has 1 aliphatic heterocycles. The van der Waals surface area contributed by atoms with E-state index in [4.69, 9.17) is 0 Å². The lowest BCUT2D eigenvalue weighted by molar-refractivity contribution is -0.133. The van der Waals surface area contributed by atoms with Crippen LogP contribution in [0.5, 0.6) is 0 Å². The number of hydrogen-bond donors (Lipinski definition) is 2. The van der Waals surface area contributed by atoms with E-state index >= 15 is 0 Å². The summed E-state index contributed by atoms with van der Waals surface area (Å²) >= 11 is 0. The van der Waals surface area contributed by atoms with Crippen molar-refractivity contribution in [2.45, 2.75) is 12.5 Å². The molecular weight excluding hydrogens is 374 g/mol. The largest absolute Gasteiger partial charge is 0.325 e. The van der Waals surface area contributed by atoms with E-state index in [0.29, 0.717) is 17.1 Å². The molecule has 1 aliphatic rings. The van der Waals surface area contributed by atoms with Crippen LogP contribution in [0.3, 0.4) is 0 Å². The summed E-state index contributed by atoms with van der Waals surface area (Å²) in [5.41, 5.74) is -0.134. The maximum atomic E-state index is 12.8. The molecule has 2 aromatic heterocycles. The van der Waals surface area contributed by atoms with Gasteiger partial charge in [-0.1, -0.05) is 30.3 Å². The van der Waals surface area contributed by atoms with Gasteiger partial charge in [-0.05, 0) is 24.6 Å². The van der Waals surface area contributed by atoms with Crippen molar-refractivity contribution in [1.29, 1.82) is 0 Å². The minimum atomic E-state index is -1.21. The first kappa shape index (κ1) is 18.3. The zero-order chi connectivity index (χ0) is 20.4. The third kappa shape index (κ3) is 3.43. The van der Waals surface area contributed by atoms with Crippen LogP contribution in [0.15, 0.2) is 61.3 Å². The molecule has 10 heteroatoms. The Labute approximate surface area is 165 Å². The third-order valence-electron chi connectivity index (χ3n) is 4.61. The fourth-order valence-electron chi connectivity index (χ4n) is 3.07. The van der Waals surface area contributed by atoms with Crippen LogP contribution in [-0.4, -0.2) is 49.0 Å². The summed E-state index contributed by atoms with van der Waals surface area (Å²) < 4.78 is 1.48. The van der Waals surface area contributed by atoms with Crippen molar-refractivity contribution in [1.82, 2.24) is 30.0 Å². The maximum absolute atomic E-state index is 12.8. The minimum absolute atomic E-state index is 0.405. The smallest absolute Gasteiger partial charge is 0.323 e. The maximum Gasteiger partial charge on any atom is 0.325 e. The second-order valence-electron chi connectivity index (χ2n) is 6.61. The van der Waals surface area contributed by atoms with Crippen LogP contribution < -0.4 is 10.6 Å². The number of carbonyl (C=O) groups is 3. The first-order chi connectivity index (χ1) is 14.0. The van der Waals surface area contributed by atoms with Crippen LogP contribution in [0, 0.1) is 0 Å². The highest BCUT2D eigenvalue weighted by Crippen LogP contribution is 2.28. The normalized spacial score (nSPS) is 18.6. The Bertz CT molecular complexity index is 1050. The fourth-order valence-corrected chi connectivity index (χ4v) is 3.07. The number of nitrogens with one attached hydrogen (secondary N) is 2. The molecule has 1 atom stereocenters. The number of aromatic nitrogens is 4. The van der Waals surface area contributed by atoms with E-state index in [-0.39, 0.29) is 0 Å². The number of hydrogen-bond acceptors (Lipinski definition) is 6. The van der Waals surface area contributed by atoms with Gasteiger partial charge in [0.05, 0.1) is 11.9 Å². The van der Waals surface area contributed by atoms with Gasteiger partial charge in [0.1, 0.15) is 24.7 Å². The number of benzene rings is 1. The molecular formula is C19H17N7O3. The Morgan fingerprint density at radius 1 is 1.17 bits per heavy atom. The van der Waals surface area contributed by atoms with E-state index < -0.39 is 29.9 Å². The lowest BCUT2D eigenvalue weighted by Crippen LogP contribution is -2.42. The molecule has 3 aromatic rings. The van der Waals surface area contributed by atoms with Crippen LogP contribution in [0.2, 0.25) is 0 Å². The molecule has 146 valence electrons. The molecule has 1 fully saturated rings. The number of carbonyl (C=O) groups excluding carboxylic acids is 3. The Morgan fingerprint density at radius 3 is 2.62 bits per heavy atom. The van der Waals surface area contributed by atoms with Gasteiger partial charge in [-0.3, -0.25) is 14.5 Å². The fraction of sp³-hybridized carbons (Fsp3) is 0.158. The molecule has 0 aliphatic carbocycles. The van der Waals surface area contributed by atoms with E-state index in [1.165, 1.54) is 23.5 Å². The van der Waals surface area contributed by atoms with Crippen LogP contribution in [0.1, 0.15) is 12.5 Å². The van der Waals surface area contributed by atoms with Gasteiger partial charge in [0.25, 0.3) is 5.91 Å². The number of pyridine rings is 1. The summed E-state index contributed by atoms with van der Waals surface area (Å²) in [6.45, 7) is 1.21. The molecule has 1 aromatic carbocycles. The highest BCUT2D eigenvalue weighted by atomic mass is 16.2. The minimum Gasteiger partial charge on any atom is -0.323 e. The van der Waals surface area contributed by atoms with Crippen LogP contribution in [0.25, 0.3) is 5.82 Å². The molecule has 4 amide bonds. The van der Waals surface area contributed by atoms with Gasteiger partial charge >= 0.3 is 6.03 Å². The van der Waals surface area contributed by atoms with Crippen molar-refractivity contribution >= 4 is 23.5 Å². The second kappa shape index (κ2) is 7.15. The van der Waals surface area contributed by atoms with Crippen LogP contribution in [-0.2, 0) is 15.1 Å². The Kier molecular flexibility index (Phi) is 4.51. The van der Waals surface area contributed by atoms with Gasteiger partial charge < -0.3 is 10.6 Å². The Morgan fingerprint density at radius 2 is 1.97 bits per heavy atom. The van der Waals surface area contributed by atoms with E-state index in [1.54, 1.807) is 43.3 Å². The van der Waals surface area contributed by atoms with E-state index in [1.807, 2.05) is 6.07 Å². The van der Waals surface area contributed by atoms with E-state index in [9.17, 15) is 14.4 Å². The molecule has 0 radical (unpaired) electrons. The molecule has 0 spiro atoms. The van der Waals surface area contributed by atoms with Crippen molar-refractivity contribution in [3.05, 3.63) is 66.9 Å². The zero-order valence-electron chi connectivity index (χ0n) is 15.4. The molecule has 0 bridgehead atoms. The Balaban J connectivity index is 1.43. The molecule has 3 heterocycles. The summed E-state index contributed by atoms with van der Waals surface area (Å²) in [6.07, 6.45) is 4.34. The summed E-state index contributed by atoms with van der Waals surface area (Å²) in [5.74, 6) is -0.460. The summed E-state index contributed by atoms with van der Waals surface area (Å²) in [6, 6.07) is 11.6. The van der Waals surface area contributed by atoms with Crippen molar-refractivity contribution in [2.24, 2.45) is 0 Å². The van der Waals surface area contributed by atoms with Crippen molar-refractivity contribution in [2.75, 3.05) is 11.9 Å². The average molecular weight is 391 g/mol. The first-order valence-corrected chi connectivity index (χ1v) is 8.78. The van der Waals surface area contributed by atoms with Gasteiger partial charge in [0, 0.05) is 0 Å². The molecule has 4 rings (SSSR count). The van der Waals surface area contributed by atoms with Crippen molar-refractivity contribution in [3.63, 3.8) is 0 Å². The monoisotopic (exact) mass is 391 g/mol. The molecule has 29 heavy (non-hydrogen) atoms. The second-order valence-corrected chi connectivity index (χ2v) is 6.61. The number of amides is 4. The summed E-state index contributed by atoms with van der Waals surface area (Å²) in [5, 5.41) is 9.27. The summed E-state index contributed by atoms with van der Waals surface area (Å²) in [7, 11) is 0. The number of imide groups is 1. The van der Waals surface area contributed by atoms with E-state index in [0.717, 1.165) is 4.90 Å². The topological polar surface area (TPSA) is 122 Å². The lowest BCUT2D eigenvalue weighted by Gasteiger charge is -2.22. The quantitative estimate of drug-likeness (QED) is 0.628. The average Bonchev–Trinajstić information content (AvgIpc) is 3.33. The molecule has 2 N–H and O–H groups in total.